The molecular formula is C12H16O3. The van der Waals surface area contributed by atoms with E-state index in [1.807, 2.05) is 6.08 Å². The molecule has 0 aromatic rings. The molecule has 3 heteroatoms. The molecule has 0 bridgehead atoms. The second kappa shape index (κ2) is 3.80. The lowest BCUT2D eigenvalue weighted by atomic mass is 9.68. The Balaban J connectivity index is 2.23. The van der Waals surface area contributed by atoms with Gasteiger partial charge in [0.05, 0.1) is 13.5 Å². The maximum absolute atomic E-state index is 11.9. The largest absolute Gasteiger partial charge is 0.469 e. The normalized spacial score (nSPS) is 33.9. The fourth-order valence-corrected chi connectivity index (χ4v) is 2.88. The second-order valence-corrected chi connectivity index (χ2v) is 4.48. The van der Waals surface area contributed by atoms with Crippen LogP contribution in [0, 0.1) is 11.3 Å². The Hall–Kier alpha value is -1.12. The van der Waals surface area contributed by atoms with Crippen molar-refractivity contribution in [3.05, 3.63) is 12.2 Å². The van der Waals surface area contributed by atoms with Crippen molar-refractivity contribution in [2.24, 2.45) is 11.3 Å². The van der Waals surface area contributed by atoms with E-state index in [-0.39, 0.29) is 18.2 Å². The molecule has 3 nitrogen and oxygen atoms in total. The second-order valence-electron chi connectivity index (χ2n) is 4.48. The highest BCUT2D eigenvalue weighted by Crippen LogP contribution is 2.50. The van der Waals surface area contributed by atoms with E-state index in [0.29, 0.717) is 18.8 Å². The molecular weight excluding hydrogens is 192 g/mol. The first-order valence-electron chi connectivity index (χ1n) is 5.44. The van der Waals surface area contributed by atoms with Gasteiger partial charge in [-0.25, -0.2) is 0 Å². The van der Waals surface area contributed by atoms with Crippen LogP contribution in [-0.2, 0) is 14.3 Å². The number of fused-ring (bicyclic) bond motifs is 1. The van der Waals surface area contributed by atoms with Crippen LogP contribution in [0.4, 0.5) is 0 Å². The third kappa shape index (κ3) is 1.60. The van der Waals surface area contributed by atoms with Gasteiger partial charge in [-0.2, -0.15) is 0 Å². The van der Waals surface area contributed by atoms with Crippen molar-refractivity contribution in [1.29, 1.82) is 0 Å². The molecule has 2 rings (SSSR count). The predicted octanol–water partition coefficient (Wildman–Crippen LogP) is 1.86. The summed E-state index contributed by atoms with van der Waals surface area (Å²) in [4.78, 5) is 23.3. The third-order valence-corrected chi connectivity index (χ3v) is 3.81. The number of Topliss-reactive ketones (excluding diaryl/α,β-unsaturated/α-hetero) is 1. The Bertz CT molecular complexity index is 319. The number of rotatable bonds is 2. The van der Waals surface area contributed by atoms with E-state index in [2.05, 4.69) is 10.8 Å². The van der Waals surface area contributed by atoms with Gasteiger partial charge in [-0.1, -0.05) is 12.2 Å². The van der Waals surface area contributed by atoms with Gasteiger partial charge in [-0.3, -0.25) is 9.59 Å². The smallest absolute Gasteiger partial charge is 0.306 e. The van der Waals surface area contributed by atoms with E-state index in [0.717, 1.165) is 12.8 Å². The minimum atomic E-state index is -0.429. The Labute approximate surface area is 89.5 Å². The molecule has 2 aliphatic carbocycles. The van der Waals surface area contributed by atoms with Crippen LogP contribution < -0.4 is 0 Å². The molecule has 0 amide bonds. The Morgan fingerprint density at radius 1 is 1.60 bits per heavy atom. The summed E-state index contributed by atoms with van der Waals surface area (Å²) in [6, 6.07) is 0. The Kier molecular flexibility index (Phi) is 2.63. The molecule has 0 N–H and O–H groups in total. The number of ether oxygens (including phenoxy) is 1. The third-order valence-electron chi connectivity index (χ3n) is 3.81. The van der Waals surface area contributed by atoms with Crippen molar-refractivity contribution in [1.82, 2.24) is 0 Å². The van der Waals surface area contributed by atoms with Crippen molar-refractivity contribution < 1.29 is 14.3 Å². The summed E-state index contributed by atoms with van der Waals surface area (Å²) in [5.41, 5.74) is -0.429. The van der Waals surface area contributed by atoms with Gasteiger partial charge in [0.25, 0.3) is 0 Å². The standard InChI is InChI=1S/C12H16O3/c1-15-11(14)8-12-7-3-2-4-9(12)5-6-10(12)13/h2-3,9H,4-8H2,1H3/t9-,12-/m1/s1. The summed E-state index contributed by atoms with van der Waals surface area (Å²) in [6.07, 6.45) is 7.62. The van der Waals surface area contributed by atoms with E-state index in [1.165, 1.54) is 7.11 Å². The van der Waals surface area contributed by atoms with E-state index < -0.39 is 5.41 Å². The molecule has 0 saturated heterocycles. The predicted molar refractivity (Wildman–Crippen MR) is 55.2 cm³/mol. The van der Waals surface area contributed by atoms with Crippen LogP contribution in [0.25, 0.3) is 0 Å². The van der Waals surface area contributed by atoms with E-state index >= 15 is 0 Å². The number of ketones is 1. The molecule has 2 aliphatic rings. The molecule has 1 saturated carbocycles. The number of methoxy groups -OCH3 is 1. The number of hydrogen-bond donors (Lipinski definition) is 0. The molecule has 0 heterocycles. The van der Waals surface area contributed by atoms with E-state index in [1.54, 1.807) is 0 Å². The summed E-state index contributed by atoms with van der Waals surface area (Å²) in [5, 5.41) is 0. The first-order valence-corrected chi connectivity index (χ1v) is 5.44. The molecule has 0 aromatic heterocycles. The molecule has 2 atom stereocenters. The lowest BCUT2D eigenvalue weighted by molar-refractivity contribution is -0.147. The van der Waals surface area contributed by atoms with Crippen LogP contribution in [0.5, 0.6) is 0 Å². The highest BCUT2D eigenvalue weighted by atomic mass is 16.5. The average molecular weight is 208 g/mol. The topological polar surface area (TPSA) is 43.4 Å². The fourth-order valence-electron chi connectivity index (χ4n) is 2.88. The first kappa shape index (κ1) is 10.4. The van der Waals surface area contributed by atoms with Crippen molar-refractivity contribution in [2.75, 3.05) is 7.11 Å². The Morgan fingerprint density at radius 3 is 3.13 bits per heavy atom. The number of carbonyl (C=O) groups is 2. The van der Waals surface area contributed by atoms with Gasteiger partial charge in [0.1, 0.15) is 5.78 Å². The maximum atomic E-state index is 11.9. The van der Waals surface area contributed by atoms with Gasteiger partial charge < -0.3 is 4.74 Å². The molecule has 0 aromatic carbocycles. The van der Waals surface area contributed by atoms with Gasteiger partial charge in [-0.15, -0.1) is 0 Å². The molecule has 0 unspecified atom stereocenters. The van der Waals surface area contributed by atoms with Gasteiger partial charge >= 0.3 is 5.97 Å². The highest BCUT2D eigenvalue weighted by Gasteiger charge is 2.50. The van der Waals surface area contributed by atoms with Gasteiger partial charge in [0.2, 0.25) is 0 Å². The number of esters is 1. The molecule has 1 fully saturated rings. The van der Waals surface area contributed by atoms with Gasteiger partial charge in [-0.05, 0) is 25.2 Å². The van der Waals surface area contributed by atoms with Crippen LogP contribution >= 0.6 is 0 Å². The molecule has 0 aliphatic heterocycles. The highest BCUT2D eigenvalue weighted by molar-refractivity contribution is 5.91. The summed E-state index contributed by atoms with van der Waals surface area (Å²) in [5.74, 6) is 0.349. The SMILES string of the molecule is COC(=O)C[C@]12CC=CC[C@@H]1CCC2=O. The lowest BCUT2D eigenvalue weighted by Gasteiger charge is -2.34. The summed E-state index contributed by atoms with van der Waals surface area (Å²) in [7, 11) is 1.38. The quantitative estimate of drug-likeness (QED) is 0.514. The molecule has 82 valence electrons. The zero-order valence-electron chi connectivity index (χ0n) is 8.99. The van der Waals surface area contributed by atoms with Crippen molar-refractivity contribution in [3.63, 3.8) is 0 Å². The average Bonchev–Trinajstić information content (AvgIpc) is 2.57. The molecule has 0 radical (unpaired) electrons. The van der Waals surface area contributed by atoms with Crippen LogP contribution in [0.1, 0.15) is 32.1 Å². The van der Waals surface area contributed by atoms with Crippen molar-refractivity contribution in [2.45, 2.75) is 32.1 Å². The zero-order chi connectivity index (χ0) is 10.9. The van der Waals surface area contributed by atoms with Crippen LogP contribution in [0.3, 0.4) is 0 Å². The number of allylic oxidation sites excluding steroid dienone is 2. The summed E-state index contributed by atoms with van der Waals surface area (Å²) < 4.78 is 4.69. The summed E-state index contributed by atoms with van der Waals surface area (Å²) >= 11 is 0. The number of hydrogen-bond acceptors (Lipinski definition) is 3. The van der Waals surface area contributed by atoms with Gasteiger partial charge in [0, 0.05) is 11.8 Å². The Morgan fingerprint density at radius 2 is 2.40 bits per heavy atom. The monoisotopic (exact) mass is 208 g/mol. The van der Waals surface area contributed by atoms with Gasteiger partial charge in [0.15, 0.2) is 0 Å². The van der Waals surface area contributed by atoms with E-state index in [9.17, 15) is 9.59 Å². The summed E-state index contributed by atoms with van der Waals surface area (Å²) in [6.45, 7) is 0. The first-order chi connectivity index (χ1) is 7.19. The maximum Gasteiger partial charge on any atom is 0.306 e. The lowest BCUT2D eigenvalue weighted by Crippen LogP contribution is -2.36. The van der Waals surface area contributed by atoms with Crippen LogP contribution in [0.15, 0.2) is 12.2 Å². The minimum Gasteiger partial charge on any atom is -0.469 e. The van der Waals surface area contributed by atoms with Crippen molar-refractivity contribution in [3.8, 4) is 0 Å². The molecule has 0 spiro atoms. The minimum absolute atomic E-state index is 0.252. The molecule has 15 heavy (non-hydrogen) atoms. The van der Waals surface area contributed by atoms with Crippen molar-refractivity contribution >= 4 is 11.8 Å². The van der Waals surface area contributed by atoms with Crippen LogP contribution in [-0.4, -0.2) is 18.9 Å². The fraction of sp³-hybridized carbons (Fsp3) is 0.667. The zero-order valence-corrected chi connectivity index (χ0v) is 8.99. The van der Waals surface area contributed by atoms with Crippen LogP contribution in [0.2, 0.25) is 0 Å². The number of carbonyl (C=O) groups excluding carboxylic acids is 2. The van der Waals surface area contributed by atoms with E-state index in [4.69, 9.17) is 0 Å².